The molecule has 0 N–H and O–H groups in total. The summed E-state index contributed by atoms with van der Waals surface area (Å²) in [6, 6.07) is 15.0. The van der Waals surface area contributed by atoms with Crippen molar-refractivity contribution in [1.82, 2.24) is 0 Å². The summed E-state index contributed by atoms with van der Waals surface area (Å²) >= 11 is 0. The summed E-state index contributed by atoms with van der Waals surface area (Å²) in [6.45, 7) is 1.92. The second-order valence-corrected chi connectivity index (χ2v) is 3.81. The van der Waals surface area contributed by atoms with Crippen molar-refractivity contribution >= 4 is 15.0 Å². The smallest absolute Gasteiger partial charge is 0.171 e. The molecular formula is C15H15O2P. The van der Waals surface area contributed by atoms with Gasteiger partial charge in [-0.25, -0.2) is 0 Å². The third-order valence-corrected chi connectivity index (χ3v) is 2.73. The van der Waals surface area contributed by atoms with Crippen LogP contribution in [0.25, 0.3) is 0 Å². The topological polar surface area (TPSA) is 26.3 Å². The molecule has 18 heavy (non-hydrogen) atoms. The molecule has 0 aromatic heterocycles. The molecule has 2 aromatic carbocycles. The largest absolute Gasteiger partial charge is 0.456 e. The summed E-state index contributed by atoms with van der Waals surface area (Å²) in [5.74, 6) is 1.54. The Morgan fingerprint density at radius 3 is 2.33 bits per heavy atom. The lowest BCUT2D eigenvalue weighted by Gasteiger charge is -2.06. The number of ketones is 1. The Hall–Kier alpha value is -1.66. The van der Waals surface area contributed by atoms with Gasteiger partial charge in [0.2, 0.25) is 0 Å². The van der Waals surface area contributed by atoms with Crippen molar-refractivity contribution < 1.29 is 9.53 Å². The third kappa shape index (κ3) is 2.44. The summed E-state index contributed by atoms with van der Waals surface area (Å²) in [6.07, 6.45) is 0.410. The fourth-order valence-electron chi connectivity index (χ4n) is 1.92. The van der Waals surface area contributed by atoms with Crippen LogP contribution in [-0.2, 0) is 6.42 Å². The highest BCUT2D eigenvalue weighted by atomic mass is 31.0. The highest BCUT2D eigenvalue weighted by molar-refractivity contribution is 7.15. The predicted octanol–water partition coefficient (Wildman–Crippen LogP) is 3.71. The van der Waals surface area contributed by atoms with Gasteiger partial charge in [0.25, 0.3) is 0 Å². The van der Waals surface area contributed by atoms with E-state index < -0.39 is 0 Å². The molecule has 0 bridgehead atoms. The predicted molar refractivity (Wildman–Crippen MR) is 76.6 cm³/mol. The number of carbonyl (C=O) groups is 1. The number of carbonyl (C=O) groups excluding carboxylic acids is 1. The van der Waals surface area contributed by atoms with Gasteiger partial charge in [0.15, 0.2) is 5.78 Å². The zero-order chi connectivity index (χ0) is 13.0. The Morgan fingerprint density at radius 2 is 1.56 bits per heavy atom. The summed E-state index contributed by atoms with van der Waals surface area (Å²) in [5, 5.41) is 0. The average molecular weight is 258 g/mol. The van der Waals surface area contributed by atoms with Crippen LogP contribution in [0, 0.1) is 0 Å². The number of rotatable bonds is 0. The second-order valence-electron chi connectivity index (χ2n) is 3.81. The molecule has 1 atom stereocenters. The van der Waals surface area contributed by atoms with Crippen LogP contribution in [0.2, 0.25) is 0 Å². The molecule has 0 radical (unpaired) electrons. The normalized spacial score (nSPS) is 12.2. The Kier molecular flexibility index (Phi) is 4.11. The minimum Gasteiger partial charge on any atom is -0.456 e. The molecule has 0 amide bonds. The van der Waals surface area contributed by atoms with Gasteiger partial charge >= 0.3 is 0 Å². The second kappa shape index (κ2) is 5.79. The van der Waals surface area contributed by atoms with Crippen LogP contribution in [0.4, 0.5) is 0 Å². The average Bonchev–Trinajstić information content (AvgIpc) is 2.57. The van der Waals surface area contributed by atoms with Gasteiger partial charge in [0, 0.05) is 12.0 Å². The zero-order valence-electron chi connectivity index (χ0n) is 10.2. The van der Waals surface area contributed by atoms with Gasteiger partial charge in [0.05, 0.1) is 5.56 Å². The van der Waals surface area contributed by atoms with Crippen LogP contribution in [0.3, 0.4) is 0 Å². The van der Waals surface area contributed by atoms with E-state index in [2.05, 4.69) is 9.24 Å². The monoisotopic (exact) mass is 258 g/mol. The standard InChI is InChI=1S/C14H10O2.CH5P/c15-12-9-10-5-1-3-7-13(10)16-14-8-4-2-6-11(12)14;1-2/h1-8H,9H2;2H2,1H3. The van der Waals surface area contributed by atoms with E-state index in [-0.39, 0.29) is 5.78 Å². The molecule has 0 saturated heterocycles. The van der Waals surface area contributed by atoms with Crippen LogP contribution in [-0.4, -0.2) is 12.4 Å². The van der Waals surface area contributed by atoms with E-state index in [1.807, 2.05) is 55.2 Å². The molecule has 1 aliphatic heterocycles. The summed E-state index contributed by atoms with van der Waals surface area (Å²) in [5.41, 5.74) is 1.61. The lowest BCUT2D eigenvalue weighted by atomic mass is 10.0. The van der Waals surface area contributed by atoms with Crippen LogP contribution >= 0.6 is 9.24 Å². The van der Waals surface area contributed by atoms with E-state index in [1.165, 1.54) is 0 Å². The Balaban J connectivity index is 0.000000574. The van der Waals surface area contributed by atoms with Crippen molar-refractivity contribution in [2.24, 2.45) is 0 Å². The number of hydrogen-bond acceptors (Lipinski definition) is 2. The summed E-state index contributed by atoms with van der Waals surface area (Å²) in [4.78, 5) is 12.0. The molecular weight excluding hydrogens is 243 g/mol. The number of ether oxygens (including phenoxy) is 1. The fraction of sp³-hybridized carbons (Fsp3) is 0.133. The Morgan fingerprint density at radius 1 is 0.944 bits per heavy atom. The number of para-hydroxylation sites is 2. The van der Waals surface area contributed by atoms with E-state index in [0.717, 1.165) is 11.3 Å². The molecule has 0 saturated carbocycles. The molecule has 1 aliphatic rings. The van der Waals surface area contributed by atoms with Gasteiger partial charge in [-0.1, -0.05) is 37.0 Å². The van der Waals surface area contributed by atoms with Crippen molar-refractivity contribution in [2.45, 2.75) is 6.42 Å². The maximum Gasteiger partial charge on any atom is 0.171 e. The first kappa shape index (κ1) is 12.8. The fourth-order valence-corrected chi connectivity index (χ4v) is 1.92. The van der Waals surface area contributed by atoms with Gasteiger partial charge in [0.1, 0.15) is 11.5 Å². The number of hydrogen-bond donors (Lipinski definition) is 0. The molecule has 2 aromatic rings. The molecule has 0 fully saturated rings. The first-order valence-corrected chi connectivity index (χ1v) is 6.96. The lowest BCUT2D eigenvalue weighted by molar-refractivity contribution is 0.0993. The molecule has 2 nitrogen and oxygen atoms in total. The van der Waals surface area contributed by atoms with Crippen molar-refractivity contribution in [1.29, 1.82) is 0 Å². The van der Waals surface area contributed by atoms with Crippen LogP contribution in [0.15, 0.2) is 48.5 Å². The van der Waals surface area contributed by atoms with E-state index in [1.54, 1.807) is 0 Å². The van der Waals surface area contributed by atoms with Gasteiger partial charge in [-0.05, 0) is 18.2 Å². The zero-order valence-corrected chi connectivity index (χ0v) is 11.4. The van der Waals surface area contributed by atoms with Crippen molar-refractivity contribution in [3.05, 3.63) is 59.7 Å². The summed E-state index contributed by atoms with van der Waals surface area (Å²) < 4.78 is 5.75. The van der Waals surface area contributed by atoms with E-state index in [0.29, 0.717) is 17.7 Å². The molecule has 0 spiro atoms. The molecule has 3 heteroatoms. The van der Waals surface area contributed by atoms with Crippen molar-refractivity contribution in [3.63, 3.8) is 0 Å². The SMILES string of the molecule is CP.O=C1Cc2ccccc2Oc2ccccc21. The maximum atomic E-state index is 12.0. The molecule has 92 valence electrons. The quantitative estimate of drug-likeness (QED) is 0.673. The van der Waals surface area contributed by atoms with Gasteiger partial charge < -0.3 is 4.74 Å². The van der Waals surface area contributed by atoms with Crippen LogP contribution in [0.5, 0.6) is 11.5 Å². The minimum atomic E-state index is 0.112. The highest BCUT2D eigenvalue weighted by Gasteiger charge is 2.19. The van der Waals surface area contributed by atoms with Gasteiger partial charge in [-0.3, -0.25) is 4.79 Å². The Bertz CT molecular complexity index is 564. The first-order valence-electron chi connectivity index (χ1n) is 5.80. The van der Waals surface area contributed by atoms with Crippen molar-refractivity contribution in [2.75, 3.05) is 6.66 Å². The van der Waals surface area contributed by atoms with E-state index in [4.69, 9.17) is 4.74 Å². The molecule has 1 unspecified atom stereocenters. The van der Waals surface area contributed by atoms with Gasteiger partial charge in [-0.2, -0.15) is 0 Å². The number of benzene rings is 2. The summed E-state index contributed by atoms with van der Waals surface area (Å²) in [7, 11) is 2.42. The Labute approximate surface area is 109 Å². The van der Waals surface area contributed by atoms with Crippen LogP contribution in [0.1, 0.15) is 15.9 Å². The van der Waals surface area contributed by atoms with Crippen LogP contribution < -0.4 is 4.74 Å². The van der Waals surface area contributed by atoms with Crippen molar-refractivity contribution in [3.8, 4) is 11.5 Å². The maximum absolute atomic E-state index is 12.0. The lowest BCUT2D eigenvalue weighted by Crippen LogP contribution is -2.01. The van der Waals surface area contributed by atoms with E-state index >= 15 is 0 Å². The van der Waals surface area contributed by atoms with E-state index in [9.17, 15) is 4.79 Å². The first-order chi connectivity index (χ1) is 8.84. The third-order valence-electron chi connectivity index (χ3n) is 2.73. The molecule has 1 heterocycles. The minimum absolute atomic E-state index is 0.112. The molecule has 3 rings (SSSR count). The van der Waals surface area contributed by atoms with Gasteiger partial charge in [-0.15, -0.1) is 9.24 Å². The molecule has 0 aliphatic carbocycles. The number of Topliss-reactive ketones (excluding diaryl/α,β-unsaturated/α-hetero) is 1. The number of fused-ring (bicyclic) bond motifs is 2. The highest BCUT2D eigenvalue weighted by Crippen LogP contribution is 2.32.